The number of nitrogens with one attached hydrogen (secondary N) is 2. The first kappa shape index (κ1) is 25.3. The van der Waals surface area contributed by atoms with Gasteiger partial charge in [0.1, 0.15) is 17.4 Å². The van der Waals surface area contributed by atoms with Gasteiger partial charge in [-0.2, -0.15) is 0 Å². The van der Waals surface area contributed by atoms with Crippen LogP contribution in [0.4, 0.5) is 0 Å². The Bertz CT molecular complexity index is 1050. The Kier molecular flexibility index (Phi) is 6.54. The number of fused-ring (bicyclic) bond motifs is 3. The van der Waals surface area contributed by atoms with Crippen LogP contribution in [0.1, 0.15) is 34.6 Å². The van der Waals surface area contributed by atoms with Crippen LogP contribution in [0.25, 0.3) is 0 Å². The van der Waals surface area contributed by atoms with Gasteiger partial charge in [-0.05, 0) is 26.0 Å². The predicted molar refractivity (Wildman–Crippen MR) is 127 cm³/mol. The monoisotopic (exact) mass is 486 g/mol. The number of allylic oxidation sites excluding steroid dienone is 3. The van der Waals surface area contributed by atoms with E-state index in [1.807, 2.05) is 19.9 Å². The smallest absolute Gasteiger partial charge is 0.259 e. The quantitative estimate of drug-likeness (QED) is 0.131. The molecule has 0 aliphatic carbocycles. The molecule has 4 heterocycles. The number of ether oxygens (including phenoxy) is 3. The lowest BCUT2D eigenvalue weighted by molar-refractivity contribution is -0.346. The second kappa shape index (κ2) is 9.04. The van der Waals surface area contributed by atoms with Crippen molar-refractivity contribution in [2.45, 2.75) is 64.3 Å². The molecule has 0 radical (unpaired) electrons. The molecule has 1 spiro atoms. The number of hydrogen-bond donors (Lipinski definition) is 3. The first-order chi connectivity index (χ1) is 16.4. The molecule has 3 fully saturated rings. The molecule has 4 aliphatic heterocycles. The second-order valence-corrected chi connectivity index (χ2v) is 10.1. The highest BCUT2D eigenvalue weighted by Gasteiger charge is 2.65. The van der Waals surface area contributed by atoms with E-state index in [-0.39, 0.29) is 35.5 Å². The molecule has 4 aliphatic rings. The fraction of sp³-hybridized carbons (Fsp3) is 0.577. The van der Waals surface area contributed by atoms with Crippen LogP contribution >= 0.6 is 0 Å². The van der Waals surface area contributed by atoms with Gasteiger partial charge in [0.2, 0.25) is 11.7 Å². The molecule has 2 bridgehead atoms. The minimum atomic E-state index is -1.01. The summed E-state index contributed by atoms with van der Waals surface area (Å²) in [5, 5.41) is 15.4. The predicted octanol–water partition coefficient (Wildman–Crippen LogP) is 1.86. The highest BCUT2D eigenvalue weighted by molar-refractivity contribution is 6.27. The topological polar surface area (TPSA) is 126 Å². The molecule has 0 aromatic heterocycles. The van der Waals surface area contributed by atoms with Crippen molar-refractivity contribution in [1.29, 1.82) is 0 Å². The minimum Gasteiger partial charge on any atom is -0.507 e. The van der Waals surface area contributed by atoms with Crippen LogP contribution in [0, 0.1) is 17.8 Å². The number of carbonyl (C=O) groups excluding carboxylic acids is 3. The van der Waals surface area contributed by atoms with Gasteiger partial charge in [-0.25, -0.2) is 0 Å². The number of epoxide rings is 1. The first-order valence-corrected chi connectivity index (χ1v) is 12.0. The Labute approximate surface area is 205 Å². The van der Waals surface area contributed by atoms with E-state index in [4.69, 9.17) is 14.2 Å². The van der Waals surface area contributed by atoms with Gasteiger partial charge in [0.15, 0.2) is 11.4 Å². The van der Waals surface area contributed by atoms with Gasteiger partial charge in [-0.3, -0.25) is 14.4 Å². The summed E-state index contributed by atoms with van der Waals surface area (Å²) in [5.74, 6) is -3.56. The van der Waals surface area contributed by atoms with Crippen LogP contribution < -0.4 is 10.6 Å². The van der Waals surface area contributed by atoms with Crippen LogP contribution in [-0.4, -0.2) is 66.0 Å². The highest BCUT2D eigenvalue weighted by Crippen LogP contribution is 2.51. The van der Waals surface area contributed by atoms with Crippen molar-refractivity contribution in [3.63, 3.8) is 0 Å². The van der Waals surface area contributed by atoms with Crippen molar-refractivity contribution in [1.82, 2.24) is 10.6 Å². The molecular formula is C26H34N2O7. The standard InChI is InChI=1S/C26H34N2O7/c1-13(7-8-17(29)19-21(30)20(28-24(19)32)16(4)23(31)27-6)11-14(2)22-15(3)18-9-10-26(12-33-26)25(5,34-18)35-22/h7-11,14-16,18,20,22,29H,12H2,1-6H3,(H,27,31)(H,28,32)/b8-7+,13-11+,19-17+/t14-,15+,16?,18+,20+,22-,25?,26?/m1/s1. The largest absolute Gasteiger partial charge is 0.507 e. The zero-order valence-corrected chi connectivity index (χ0v) is 21.0. The molecule has 9 nitrogen and oxygen atoms in total. The number of ketones is 1. The molecule has 0 aromatic rings. The number of amides is 2. The van der Waals surface area contributed by atoms with Crippen molar-refractivity contribution in [3.05, 3.63) is 47.3 Å². The van der Waals surface area contributed by atoms with Crippen LogP contribution in [0.15, 0.2) is 47.3 Å². The maximum Gasteiger partial charge on any atom is 0.259 e. The number of Topliss-reactive ketones (excluding diaryl/α,β-unsaturated/α-hetero) is 1. The summed E-state index contributed by atoms with van der Waals surface area (Å²) in [6.07, 6.45) is 8.94. The molecule has 2 amide bonds. The van der Waals surface area contributed by atoms with Gasteiger partial charge in [-0.15, -0.1) is 0 Å². The molecule has 190 valence electrons. The van der Waals surface area contributed by atoms with Crippen molar-refractivity contribution in [2.24, 2.45) is 17.8 Å². The lowest BCUT2D eigenvalue weighted by Gasteiger charge is -2.51. The van der Waals surface area contributed by atoms with Gasteiger partial charge < -0.3 is 30.0 Å². The highest BCUT2D eigenvalue weighted by atomic mass is 16.8. The normalized spacial score (nSPS) is 39.5. The summed E-state index contributed by atoms with van der Waals surface area (Å²) in [6, 6.07) is -1.01. The summed E-state index contributed by atoms with van der Waals surface area (Å²) >= 11 is 0. The lowest BCUT2D eigenvalue weighted by Crippen LogP contribution is -2.61. The van der Waals surface area contributed by atoms with Gasteiger partial charge >= 0.3 is 0 Å². The summed E-state index contributed by atoms with van der Waals surface area (Å²) in [7, 11) is 1.46. The third kappa shape index (κ3) is 4.37. The molecule has 4 rings (SSSR count). The third-order valence-electron chi connectivity index (χ3n) is 7.54. The summed E-state index contributed by atoms with van der Waals surface area (Å²) in [4.78, 5) is 36.9. The average Bonchev–Trinajstić information content (AvgIpc) is 3.55. The van der Waals surface area contributed by atoms with E-state index in [1.165, 1.54) is 13.1 Å². The molecule has 9 heteroatoms. The Hall–Kier alpha value is -2.75. The molecule has 8 atom stereocenters. The lowest BCUT2D eigenvalue weighted by atomic mass is 9.82. The van der Waals surface area contributed by atoms with E-state index in [9.17, 15) is 19.5 Å². The SMILES string of the molecule is CNC(=O)C(C)[C@@H]1NC(=O)\C(=C(O)/C=C/C(C)=C/[C@@H](C)[C@H]2OC3(C)O[C@@H](C=CC34CO4)[C@@H]2C)C1=O. The number of hydrogen-bond acceptors (Lipinski definition) is 7. The van der Waals surface area contributed by atoms with Crippen molar-refractivity contribution in [3.8, 4) is 0 Å². The fourth-order valence-corrected chi connectivity index (χ4v) is 5.17. The van der Waals surface area contributed by atoms with E-state index in [0.29, 0.717) is 6.61 Å². The van der Waals surface area contributed by atoms with Crippen molar-refractivity contribution >= 4 is 17.6 Å². The summed E-state index contributed by atoms with van der Waals surface area (Å²) in [5.41, 5.74) is -0.0254. The first-order valence-electron chi connectivity index (χ1n) is 12.0. The van der Waals surface area contributed by atoms with Gasteiger partial charge in [-0.1, -0.05) is 44.6 Å². The van der Waals surface area contributed by atoms with Crippen LogP contribution in [0.3, 0.4) is 0 Å². The van der Waals surface area contributed by atoms with E-state index < -0.39 is 40.8 Å². The van der Waals surface area contributed by atoms with E-state index >= 15 is 0 Å². The number of aliphatic hydroxyl groups excluding tert-OH is 1. The van der Waals surface area contributed by atoms with E-state index in [0.717, 1.165) is 5.57 Å². The minimum absolute atomic E-state index is 0.0201. The molecular weight excluding hydrogens is 452 g/mol. The Morgan fingerprint density at radius 2 is 1.97 bits per heavy atom. The third-order valence-corrected chi connectivity index (χ3v) is 7.54. The molecule has 3 N–H and O–H groups in total. The Morgan fingerprint density at radius 1 is 1.29 bits per heavy atom. The number of rotatable bonds is 6. The molecule has 0 aromatic carbocycles. The molecule has 3 saturated heterocycles. The zero-order chi connectivity index (χ0) is 25.7. The van der Waals surface area contributed by atoms with Crippen LogP contribution in [0.5, 0.6) is 0 Å². The van der Waals surface area contributed by atoms with E-state index in [1.54, 1.807) is 13.0 Å². The van der Waals surface area contributed by atoms with Crippen molar-refractivity contribution in [2.75, 3.05) is 13.7 Å². The van der Waals surface area contributed by atoms with Crippen molar-refractivity contribution < 1.29 is 33.7 Å². The average molecular weight is 487 g/mol. The second-order valence-electron chi connectivity index (χ2n) is 10.1. The fourth-order valence-electron chi connectivity index (χ4n) is 5.17. The number of aliphatic hydroxyl groups is 1. The maximum absolute atomic E-state index is 12.7. The maximum atomic E-state index is 12.7. The van der Waals surface area contributed by atoms with Gasteiger partial charge in [0, 0.05) is 18.9 Å². The van der Waals surface area contributed by atoms with Gasteiger partial charge in [0.25, 0.3) is 5.91 Å². The molecule has 35 heavy (non-hydrogen) atoms. The number of carbonyl (C=O) groups is 3. The molecule has 0 saturated carbocycles. The summed E-state index contributed by atoms with van der Waals surface area (Å²) in [6.45, 7) is 10.1. The Morgan fingerprint density at radius 3 is 2.60 bits per heavy atom. The summed E-state index contributed by atoms with van der Waals surface area (Å²) < 4.78 is 18.3. The van der Waals surface area contributed by atoms with E-state index in [2.05, 4.69) is 36.6 Å². The van der Waals surface area contributed by atoms with Crippen LogP contribution in [-0.2, 0) is 28.6 Å². The van der Waals surface area contributed by atoms with Gasteiger partial charge in [0.05, 0.1) is 24.7 Å². The Balaban J connectivity index is 1.47. The molecule has 3 unspecified atom stereocenters. The zero-order valence-electron chi connectivity index (χ0n) is 21.0. The van der Waals surface area contributed by atoms with Crippen LogP contribution in [0.2, 0.25) is 0 Å².